The molecule has 0 saturated carbocycles. The highest BCUT2D eigenvalue weighted by Crippen LogP contribution is 2.07. The number of carbonyl (C=O) groups excluding carboxylic acids is 2. The van der Waals surface area contributed by atoms with Gasteiger partial charge in [-0.3, -0.25) is 9.59 Å². The molecule has 1 atom stereocenters. The average molecular weight is 310 g/mol. The molecule has 2 rings (SSSR count). The molecule has 1 aromatic rings. The van der Waals surface area contributed by atoms with Crippen molar-refractivity contribution in [3.8, 4) is 0 Å². The van der Waals surface area contributed by atoms with Crippen LogP contribution in [-0.2, 0) is 16.0 Å². The molecule has 1 aromatic heterocycles. The fourth-order valence-electron chi connectivity index (χ4n) is 2.64. The van der Waals surface area contributed by atoms with Crippen molar-refractivity contribution in [3.63, 3.8) is 0 Å². The van der Waals surface area contributed by atoms with E-state index in [1.54, 1.807) is 18.3 Å². The van der Waals surface area contributed by atoms with Crippen molar-refractivity contribution in [3.05, 3.63) is 22.4 Å². The van der Waals surface area contributed by atoms with Gasteiger partial charge in [-0.2, -0.15) is 0 Å². The number of hydrogen-bond acceptors (Lipinski definition) is 3. The molecule has 0 bridgehead atoms. The lowest BCUT2D eigenvalue weighted by molar-refractivity contribution is -0.918. The van der Waals surface area contributed by atoms with E-state index in [0.29, 0.717) is 6.54 Å². The van der Waals surface area contributed by atoms with Crippen LogP contribution in [0.3, 0.4) is 0 Å². The highest BCUT2D eigenvalue weighted by Gasteiger charge is 2.29. The molecule has 1 aliphatic heterocycles. The minimum atomic E-state index is -0.0533. The topological polar surface area (TPSA) is 53.9 Å². The minimum Gasteiger partial charge on any atom is -0.351 e. The monoisotopic (exact) mass is 310 g/mol. The lowest BCUT2D eigenvalue weighted by Gasteiger charge is -2.34. The van der Waals surface area contributed by atoms with E-state index >= 15 is 0 Å². The number of quaternary nitrogens is 1. The van der Waals surface area contributed by atoms with E-state index < -0.39 is 0 Å². The SMILES string of the molecule is CC(=O)N1CC[NH+]([C@@H](C)C(=O)NCCc2cccs2)CC1. The van der Waals surface area contributed by atoms with Gasteiger partial charge in [0.05, 0.1) is 26.2 Å². The highest BCUT2D eigenvalue weighted by atomic mass is 32.1. The molecule has 6 heteroatoms. The first kappa shape index (κ1) is 16.0. The lowest BCUT2D eigenvalue weighted by atomic mass is 10.2. The Morgan fingerprint density at radius 2 is 2.14 bits per heavy atom. The Hall–Kier alpha value is -1.40. The van der Waals surface area contributed by atoms with Crippen molar-refractivity contribution in [2.45, 2.75) is 26.3 Å². The van der Waals surface area contributed by atoms with Gasteiger partial charge in [-0.15, -0.1) is 11.3 Å². The van der Waals surface area contributed by atoms with E-state index in [1.165, 1.54) is 9.78 Å². The van der Waals surface area contributed by atoms with Crippen LogP contribution >= 0.6 is 11.3 Å². The van der Waals surface area contributed by atoms with Crippen LogP contribution in [0.5, 0.6) is 0 Å². The Kier molecular flexibility index (Phi) is 5.76. The molecule has 116 valence electrons. The molecule has 0 aliphatic carbocycles. The van der Waals surface area contributed by atoms with Crippen molar-refractivity contribution in [1.82, 2.24) is 10.2 Å². The number of nitrogens with zero attached hydrogens (tertiary/aromatic N) is 1. The molecular weight excluding hydrogens is 286 g/mol. The molecule has 1 saturated heterocycles. The van der Waals surface area contributed by atoms with Crippen LogP contribution < -0.4 is 10.2 Å². The average Bonchev–Trinajstić information content (AvgIpc) is 2.99. The summed E-state index contributed by atoms with van der Waals surface area (Å²) >= 11 is 1.72. The molecule has 1 aliphatic rings. The van der Waals surface area contributed by atoms with E-state index in [9.17, 15) is 9.59 Å². The third-order valence-electron chi connectivity index (χ3n) is 4.11. The Morgan fingerprint density at radius 3 is 2.71 bits per heavy atom. The molecule has 0 unspecified atom stereocenters. The standard InChI is InChI=1S/C15H23N3O2S/c1-12(17-7-9-18(10-8-17)13(2)19)15(20)16-6-5-14-4-3-11-21-14/h3-4,11-12H,5-10H2,1-2H3,(H,16,20)/p+1/t12-/m0/s1. The minimum absolute atomic E-state index is 0.0533. The molecule has 21 heavy (non-hydrogen) atoms. The molecule has 0 spiro atoms. The van der Waals surface area contributed by atoms with E-state index in [2.05, 4.69) is 16.8 Å². The van der Waals surface area contributed by atoms with Gasteiger partial charge in [-0.1, -0.05) is 6.07 Å². The summed E-state index contributed by atoms with van der Waals surface area (Å²) in [6.07, 6.45) is 0.892. The maximum atomic E-state index is 12.2. The van der Waals surface area contributed by atoms with Gasteiger partial charge in [-0.05, 0) is 24.8 Å². The van der Waals surface area contributed by atoms with Crippen molar-refractivity contribution in [1.29, 1.82) is 0 Å². The normalized spacial score (nSPS) is 17.5. The lowest BCUT2D eigenvalue weighted by Crippen LogP contribution is -3.19. The zero-order valence-electron chi connectivity index (χ0n) is 12.7. The number of thiophene rings is 1. The highest BCUT2D eigenvalue weighted by molar-refractivity contribution is 7.09. The Labute approximate surface area is 129 Å². The van der Waals surface area contributed by atoms with Crippen LogP contribution in [0.1, 0.15) is 18.7 Å². The predicted molar refractivity (Wildman–Crippen MR) is 83.4 cm³/mol. The fraction of sp³-hybridized carbons (Fsp3) is 0.600. The van der Waals surface area contributed by atoms with Crippen LogP contribution in [0, 0.1) is 0 Å². The van der Waals surface area contributed by atoms with Gasteiger partial charge < -0.3 is 15.1 Å². The summed E-state index contributed by atoms with van der Waals surface area (Å²) in [7, 11) is 0. The first-order valence-corrected chi connectivity index (χ1v) is 8.36. The maximum absolute atomic E-state index is 12.2. The molecule has 2 N–H and O–H groups in total. The first-order valence-electron chi connectivity index (χ1n) is 7.48. The van der Waals surface area contributed by atoms with E-state index in [0.717, 1.165) is 32.6 Å². The van der Waals surface area contributed by atoms with Crippen molar-refractivity contribution in [2.24, 2.45) is 0 Å². The van der Waals surface area contributed by atoms with Gasteiger partial charge in [0.15, 0.2) is 6.04 Å². The third kappa shape index (κ3) is 4.54. The van der Waals surface area contributed by atoms with Gasteiger partial charge in [0, 0.05) is 18.3 Å². The smallest absolute Gasteiger partial charge is 0.278 e. The molecule has 1 fully saturated rings. The summed E-state index contributed by atoms with van der Waals surface area (Å²) in [5.41, 5.74) is 0. The van der Waals surface area contributed by atoms with Gasteiger partial charge >= 0.3 is 0 Å². The summed E-state index contributed by atoms with van der Waals surface area (Å²) in [5.74, 6) is 0.236. The molecule has 2 amide bonds. The number of amides is 2. The second-order valence-corrected chi connectivity index (χ2v) is 6.54. The van der Waals surface area contributed by atoms with Crippen LogP contribution in [-0.4, -0.2) is 55.5 Å². The molecule has 0 radical (unpaired) electrons. The zero-order valence-corrected chi connectivity index (χ0v) is 13.5. The maximum Gasteiger partial charge on any atom is 0.278 e. The van der Waals surface area contributed by atoms with Crippen LogP contribution in [0.4, 0.5) is 0 Å². The van der Waals surface area contributed by atoms with Crippen molar-refractivity contribution in [2.75, 3.05) is 32.7 Å². The molecule has 2 heterocycles. The third-order valence-corrected chi connectivity index (χ3v) is 5.04. The van der Waals surface area contributed by atoms with Crippen molar-refractivity contribution >= 4 is 23.2 Å². The number of carbonyl (C=O) groups is 2. The Morgan fingerprint density at radius 1 is 1.43 bits per heavy atom. The number of rotatable bonds is 5. The van der Waals surface area contributed by atoms with Crippen LogP contribution in [0.2, 0.25) is 0 Å². The second kappa shape index (κ2) is 7.56. The fourth-order valence-corrected chi connectivity index (χ4v) is 3.35. The van der Waals surface area contributed by atoms with Crippen LogP contribution in [0.15, 0.2) is 17.5 Å². The Balaban J connectivity index is 1.71. The first-order chi connectivity index (χ1) is 10.1. The van der Waals surface area contributed by atoms with Crippen molar-refractivity contribution < 1.29 is 14.5 Å². The van der Waals surface area contributed by atoms with Gasteiger partial charge in [0.1, 0.15) is 0 Å². The summed E-state index contributed by atoms with van der Waals surface area (Å²) in [4.78, 5) is 27.9. The summed E-state index contributed by atoms with van der Waals surface area (Å²) in [6, 6.07) is 4.07. The number of hydrogen-bond donors (Lipinski definition) is 2. The Bertz CT molecular complexity index is 467. The van der Waals surface area contributed by atoms with Crippen LogP contribution in [0.25, 0.3) is 0 Å². The summed E-state index contributed by atoms with van der Waals surface area (Å²) in [5, 5.41) is 5.07. The second-order valence-electron chi connectivity index (χ2n) is 5.51. The molecular formula is C15H24N3O2S+. The molecule has 5 nitrogen and oxygen atoms in total. The van der Waals surface area contributed by atoms with Gasteiger partial charge in [-0.25, -0.2) is 0 Å². The van der Waals surface area contributed by atoms with E-state index in [1.807, 2.05) is 17.9 Å². The van der Waals surface area contributed by atoms with E-state index in [-0.39, 0.29) is 17.9 Å². The number of piperazine rings is 1. The van der Waals surface area contributed by atoms with Gasteiger partial charge in [0.2, 0.25) is 5.91 Å². The summed E-state index contributed by atoms with van der Waals surface area (Å²) in [6.45, 7) is 7.45. The quantitative estimate of drug-likeness (QED) is 0.773. The van der Waals surface area contributed by atoms with Gasteiger partial charge in [0.25, 0.3) is 5.91 Å². The predicted octanol–water partition coefficient (Wildman–Crippen LogP) is -0.458. The zero-order chi connectivity index (χ0) is 15.2. The molecule has 0 aromatic carbocycles. The van der Waals surface area contributed by atoms with E-state index in [4.69, 9.17) is 0 Å². The largest absolute Gasteiger partial charge is 0.351 e. The summed E-state index contributed by atoms with van der Waals surface area (Å²) < 4.78 is 0. The number of nitrogens with one attached hydrogen (secondary N) is 2.